The van der Waals surface area contributed by atoms with Crippen molar-refractivity contribution in [2.75, 3.05) is 0 Å². The molecule has 0 aromatic carbocycles. The molecule has 7 heteroatoms. The van der Waals surface area contributed by atoms with Crippen molar-refractivity contribution in [3.63, 3.8) is 0 Å². The third-order valence-corrected chi connectivity index (χ3v) is 3.37. The average molecular weight is 316 g/mol. The number of nitrogens with zero attached hydrogens (tertiary/aromatic N) is 2. The first-order valence-corrected chi connectivity index (χ1v) is 6.57. The predicted molar refractivity (Wildman–Crippen MR) is 69.5 cm³/mol. The summed E-state index contributed by atoms with van der Waals surface area (Å²) in [5.74, 6) is 0.0716. The molecule has 6 nitrogen and oxygen atoms in total. The van der Waals surface area contributed by atoms with Crippen LogP contribution in [0.1, 0.15) is 25.7 Å². The number of hydrogen-bond acceptors (Lipinski definition) is 5. The van der Waals surface area contributed by atoms with Crippen LogP contribution < -0.4 is 10.5 Å². The highest BCUT2D eigenvalue weighted by molar-refractivity contribution is 9.10. The van der Waals surface area contributed by atoms with Crippen molar-refractivity contribution >= 4 is 21.6 Å². The van der Waals surface area contributed by atoms with Crippen molar-refractivity contribution in [3.05, 3.63) is 26.9 Å². The minimum atomic E-state index is -0.490. The number of halogens is 1. The lowest BCUT2D eigenvalue weighted by Gasteiger charge is -2.26. The molecule has 18 heavy (non-hydrogen) atoms. The van der Waals surface area contributed by atoms with Crippen LogP contribution in [0.15, 0.2) is 16.7 Å². The van der Waals surface area contributed by atoms with Gasteiger partial charge in [0.2, 0.25) is 0 Å². The molecule has 2 unspecified atom stereocenters. The van der Waals surface area contributed by atoms with Crippen LogP contribution in [0.25, 0.3) is 0 Å². The summed E-state index contributed by atoms with van der Waals surface area (Å²) in [7, 11) is 0. The molecule has 2 atom stereocenters. The Morgan fingerprint density at radius 2 is 2.33 bits per heavy atom. The minimum Gasteiger partial charge on any atom is -0.469 e. The molecule has 1 aromatic heterocycles. The van der Waals surface area contributed by atoms with Gasteiger partial charge >= 0.3 is 5.69 Å². The summed E-state index contributed by atoms with van der Waals surface area (Å²) in [5, 5.41) is 10.9. The van der Waals surface area contributed by atoms with E-state index in [9.17, 15) is 10.1 Å². The summed E-state index contributed by atoms with van der Waals surface area (Å²) >= 11 is 3.16. The number of pyridine rings is 1. The van der Waals surface area contributed by atoms with E-state index in [0.717, 1.165) is 25.7 Å². The molecular weight excluding hydrogens is 302 g/mol. The highest BCUT2D eigenvalue weighted by Gasteiger charge is 2.25. The van der Waals surface area contributed by atoms with Gasteiger partial charge in [-0.2, -0.15) is 0 Å². The molecule has 0 amide bonds. The van der Waals surface area contributed by atoms with Gasteiger partial charge in [0.1, 0.15) is 6.10 Å². The molecule has 1 fully saturated rings. The summed E-state index contributed by atoms with van der Waals surface area (Å²) < 4.78 is 6.18. The third kappa shape index (κ3) is 3.17. The number of ether oxygens (including phenoxy) is 1. The molecule has 1 aliphatic rings. The van der Waals surface area contributed by atoms with Crippen molar-refractivity contribution in [1.82, 2.24) is 4.98 Å². The van der Waals surface area contributed by atoms with Crippen molar-refractivity contribution < 1.29 is 9.66 Å². The zero-order valence-electron chi connectivity index (χ0n) is 9.71. The van der Waals surface area contributed by atoms with Crippen molar-refractivity contribution in [2.24, 2.45) is 5.73 Å². The molecule has 98 valence electrons. The van der Waals surface area contributed by atoms with E-state index in [4.69, 9.17) is 10.5 Å². The molecule has 0 bridgehead atoms. The van der Waals surface area contributed by atoms with Gasteiger partial charge in [-0.3, -0.25) is 10.1 Å². The maximum atomic E-state index is 10.9. The van der Waals surface area contributed by atoms with E-state index < -0.39 is 4.92 Å². The molecule has 1 aliphatic carbocycles. The van der Waals surface area contributed by atoms with Crippen LogP contribution in [0.4, 0.5) is 5.69 Å². The molecular formula is C11H14BrN3O3. The Balaban J connectivity index is 2.15. The second kappa shape index (κ2) is 5.62. The number of nitrogens with two attached hydrogens (primary N) is 1. The quantitative estimate of drug-likeness (QED) is 0.683. The molecule has 2 rings (SSSR count). The summed E-state index contributed by atoms with van der Waals surface area (Å²) in [5.41, 5.74) is 5.74. The lowest BCUT2D eigenvalue weighted by atomic mass is 9.94. The van der Waals surface area contributed by atoms with Gasteiger partial charge in [-0.1, -0.05) is 0 Å². The second-order valence-electron chi connectivity index (χ2n) is 4.40. The van der Waals surface area contributed by atoms with Crippen LogP contribution in [-0.2, 0) is 0 Å². The third-order valence-electron chi connectivity index (χ3n) is 2.94. The van der Waals surface area contributed by atoms with E-state index in [1.807, 2.05) is 0 Å². The predicted octanol–water partition coefficient (Wildman–Crippen LogP) is 2.40. The molecule has 1 heterocycles. The first-order chi connectivity index (χ1) is 8.56. The molecule has 0 saturated heterocycles. The van der Waals surface area contributed by atoms with E-state index in [1.54, 1.807) is 0 Å². The Hall–Kier alpha value is -1.21. The van der Waals surface area contributed by atoms with E-state index in [-0.39, 0.29) is 23.7 Å². The Kier molecular flexibility index (Phi) is 4.13. The number of hydrogen-bond donors (Lipinski definition) is 1. The van der Waals surface area contributed by atoms with Crippen LogP contribution in [-0.4, -0.2) is 22.1 Å². The van der Waals surface area contributed by atoms with Crippen molar-refractivity contribution in [3.8, 4) is 5.88 Å². The zero-order chi connectivity index (χ0) is 13.1. The van der Waals surface area contributed by atoms with E-state index >= 15 is 0 Å². The Labute approximate surface area is 113 Å². The largest absolute Gasteiger partial charge is 0.469 e. The maximum Gasteiger partial charge on any atom is 0.332 e. The van der Waals surface area contributed by atoms with Crippen LogP contribution in [0.2, 0.25) is 0 Å². The standard InChI is InChI=1S/C11H14BrN3O3/c12-7-4-10(15(16)17)11(14-6-7)18-9-3-1-2-8(13)5-9/h4,6,8-9H,1-3,5,13H2. The summed E-state index contributed by atoms with van der Waals surface area (Å²) in [6.45, 7) is 0. The fraction of sp³-hybridized carbons (Fsp3) is 0.545. The first kappa shape index (κ1) is 13.2. The van der Waals surface area contributed by atoms with Gasteiger partial charge in [-0.05, 0) is 41.6 Å². The molecule has 1 saturated carbocycles. The smallest absolute Gasteiger partial charge is 0.332 e. The summed E-state index contributed by atoms with van der Waals surface area (Å²) in [6, 6.07) is 1.50. The number of rotatable bonds is 3. The van der Waals surface area contributed by atoms with Crippen LogP contribution in [0.5, 0.6) is 5.88 Å². The molecule has 0 aliphatic heterocycles. The van der Waals surface area contributed by atoms with Gasteiger partial charge < -0.3 is 10.5 Å². The fourth-order valence-corrected chi connectivity index (χ4v) is 2.40. The van der Waals surface area contributed by atoms with E-state index in [0.29, 0.717) is 4.47 Å². The molecule has 1 aromatic rings. The van der Waals surface area contributed by atoms with Gasteiger partial charge in [0.25, 0.3) is 5.88 Å². The monoisotopic (exact) mass is 315 g/mol. The number of aromatic nitrogens is 1. The van der Waals surface area contributed by atoms with Gasteiger partial charge in [-0.15, -0.1) is 0 Å². The Morgan fingerprint density at radius 3 is 3.00 bits per heavy atom. The number of nitro groups is 1. The molecule has 0 spiro atoms. The van der Waals surface area contributed by atoms with E-state index in [1.165, 1.54) is 12.3 Å². The maximum absolute atomic E-state index is 10.9. The second-order valence-corrected chi connectivity index (χ2v) is 5.32. The van der Waals surface area contributed by atoms with E-state index in [2.05, 4.69) is 20.9 Å². The lowest BCUT2D eigenvalue weighted by molar-refractivity contribution is -0.386. The van der Waals surface area contributed by atoms with Gasteiger partial charge in [0.05, 0.1) is 4.92 Å². The van der Waals surface area contributed by atoms with Gasteiger partial charge in [0.15, 0.2) is 0 Å². The zero-order valence-corrected chi connectivity index (χ0v) is 11.3. The Morgan fingerprint density at radius 1 is 1.56 bits per heavy atom. The molecule has 0 radical (unpaired) electrons. The van der Waals surface area contributed by atoms with Gasteiger partial charge in [0, 0.05) is 22.8 Å². The van der Waals surface area contributed by atoms with Crippen LogP contribution in [0, 0.1) is 10.1 Å². The summed E-state index contributed by atoms with van der Waals surface area (Å²) in [6.07, 6.45) is 4.95. The van der Waals surface area contributed by atoms with Crippen LogP contribution >= 0.6 is 15.9 Å². The minimum absolute atomic E-state index is 0.0716. The Bertz CT molecular complexity index is 455. The first-order valence-electron chi connectivity index (χ1n) is 5.78. The van der Waals surface area contributed by atoms with Crippen LogP contribution in [0.3, 0.4) is 0 Å². The fourth-order valence-electron chi connectivity index (χ4n) is 2.08. The average Bonchev–Trinajstić information content (AvgIpc) is 2.31. The normalized spacial score (nSPS) is 23.7. The van der Waals surface area contributed by atoms with Gasteiger partial charge in [-0.25, -0.2) is 4.98 Å². The van der Waals surface area contributed by atoms with Crippen molar-refractivity contribution in [1.29, 1.82) is 0 Å². The SMILES string of the molecule is NC1CCCC(Oc2ncc(Br)cc2[N+](=O)[O-])C1. The topological polar surface area (TPSA) is 91.3 Å². The van der Waals surface area contributed by atoms with Crippen molar-refractivity contribution in [2.45, 2.75) is 37.8 Å². The lowest BCUT2D eigenvalue weighted by Crippen LogP contribution is -2.34. The molecule has 2 N–H and O–H groups in total. The highest BCUT2D eigenvalue weighted by Crippen LogP contribution is 2.30. The summed E-state index contributed by atoms with van der Waals surface area (Å²) in [4.78, 5) is 14.4. The highest BCUT2D eigenvalue weighted by atomic mass is 79.9.